The van der Waals surface area contributed by atoms with E-state index in [0.29, 0.717) is 27.6 Å². The number of hydrogen-bond acceptors (Lipinski definition) is 3. The monoisotopic (exact) mass is 405 g/mol. The molecule has 1 heterocycles. The molecule has 0 radical (unpaired) electrons. The number of carbonyl (C=O) groups excluding carboxylic acids is 1. The smallest absolute Gasteiger partial charge is 0.241 e. The van der Waals surface area contributed by atoms with Gasteiger partial charge in [-0.05, 0) is 42.9 Å². The highest BCUT2D eigenvalue weighted by molar-refractivity contribution is 6.33. The molecule has 7 heteroatoms. The van der Waals surface area contributed by atoms with Crippen molar-refractivity contribution in [2.75, 3.05) is 5.32 Å². The predicted molar refractivity (Wildman–Crippen MR) is 108 cm³/mol. The van der Waals surface area contributed by atoms with E-state index in [1.807, 2.05) is 0 Å². The summed E-state index contributed by atoms with van der Waals surface area (Å²) in [7, 11) is 0. The Labute approximate surface area is 169 Å². The van der Waals surface area contributed by atoms with E-state index >= 15 is 0 Å². The molecular weight excluding hydrogens is 381 g/mol. The predicted octanol–water partition coefficient (Wildman–Crippen LogP) is 4.18. The summed E-state index contributed by atoms with van der Waals surface area (Å²) in [6.45, 7) is 3.79. The molecule has 5 nitrogen and oxygen atoms in total. The molecule has 0 spiro atoms. The van der Waals surface area contributed by atoms with Gasteiger partial charge < -0.3 is 16.3 Å². The summed E-state index contributed by atoms with van der Waals surface area (Å²) in [5.74, 6) is -0.0556. The lowest BCUT2D eigenvalue weighted by atomic mass is 9.79. The van der Waals surface area contributed by atoms with E-state index in [-0.39, 0.29) is 22.4 Å². The standard InChI is InChI=1S/C21H25ClFN3O2/c1-12-3-5-14(6-4-12)20(24)21(27)25-15-7-8-16(18(23)11-15)19-13(2)26(28)10-9-17(19)22/h7-12,14,20H,3-6,24H2,1-2H3,(H,25,27). The largest absolute Gasteiger partial charge is 0.618 e. The van der Waals surface area contributed by atoms with Crippen molar-refractivity contribution in [2.45, 2.75) is 45.6 Å². The summed E-state index contributed by atoms with van der Waals surface area (Å²) in [6.07, 6.45) is 5.30. The molecular formula is C21H25ClFN3O2. The molecule has 0 aliphatic heterocycles. The third-order valence-corrected chi connectivity index (χ3v) is 5.98. The molecule has 1 atom stereocenters. The first-order chi connectivity index (χ1) is 13.3. The minimum Gasteiger partial charge on any atom is -0.618 e. The van der Waals surface area contributed by atoms with Gasteiger partial charge in [-0.1, -0.05) is 31.4 Å². The van der Waals surface area contributed by atoms with Gasteiger partial charge in [0.2, 0.25) is 5.91 Å². The van der Waals surface area contributed by atoms with Crippen molar-refractivity contribution in [1.29, 1.82) is 0 Å². The molecule has 1 aliphatic rings. The Hall–Kier alpha value is -2.18. The Kier molecular flexibility index (Phi) is 6.20. The van der Waals surface area contributed by atoms with Crippen molar-refractivity contribution in [3.8, 4) is 11.1 Å². The molecule has 3 rings (SSSR count). The topological polar surface area (TPSA) is 82.1 Å². The Morgan fingerprint density at radius 3 is 2.64 bits per heavy atom. The summed E-state index contributed by atoms with van der Waals surface area (Å²) >= 11 is 6.16. The van der Waals surface area contributed by atoms with Gasteiger partial charge in [0.15, 0.2) is 11.9 Å². The number of nitrogens with zero attached hydrogens (tertiary/aromatic N) is 1. The van der Waals surface area contributed by atoms with E-state index in [1.165, 1.54) is 24.4 Å². The molecule has 150 valence electrons. The number of nitrogens with one attached hydrogen (secondary N) is 1. The van der Waals surface area contributed by atoms with Crippen molar-refractivity contribution < 1.29 is 13.9 Å². The van der Waals surface area contributed by atoms with Crippen LogP contribution in [0.5, 0.6) is 0 Å². The first kappa shape index (κ1) is 20.6. The zero-order chi connectivity index (χ0) is 20.4. The third-order valence-electron chi connectivity index (χ3n) is 5.66. The van der Waals surface area contributed by atoms with Gasteiger partial charge in [-0.25, -0.2) is 4.39 Å². The van der Waals surface area contributed by atoms with Gasteiger partial charge in [-0.15, -0.1) is 0 Å². The van der Waals surface area contributed by atoms with Crippen molar-refractivity contribution in [1.82, 2.24) is 0 Å². The van der Waals surface area contributed by atoms with Crippen LogP contribution < -0.4 is 15.8 Å². The number of amides is 1. The molecule has 0 bridgehead atoms. The van der Waals surface area contributed by atoms with E-state index in [2.05, 4.69) is 12.2 Å². The lowest BCUT2D eigenvalue weighted by Gasteiger charge is -2.29. The summed E-state index contributed by atoms with van der Waals surface area (Å²) in [5.41, 5.74) is 7.31. The summed E-state index contributed by atoms with van der Waals surface area (Å²) < 4.78 is 15.4. The van der Waals surface area contributed by atoms with Crippen LogP contribution >= 0.6 is 11.6 Å². The maximum atomic E-state index is 14.7. The van der Waals surface area contributed by atoms with E-state index in [1.54, 1.807) is 13.0 Å². The number of nitrogens with two attached hydrogens (primary N) is 1. The van der Waals surface area contributed by atoms with Crippen LogP contribution in [0.25, 0.3) is 11.1 Å². The van der Waals surface area contributed by atoms with Gasteiger partial charge >= 0.3 is 0 Å². The Morgan fingerprint density at radius 2 is 2.00 bits per heavy atom. The van der Waals surface area contributed by atoms with Crippen molar-refractivity contribution >= 4 is 23.2 Å². The maximum Gasteiger partial charge on any atom is 0.241 e. The van der Waals surface area contributed by atoms with Gasteiger partial charge in [0, 0.05) is 24.2 Å². The van der Waals surface area contributed by atoms with Gasteiger partial charge in [-0.2, -0.15) is 4.73 Å². The van der Waals surface area contributed by atoms with Crippen molar-refractivity contribution in [2.24, 2.45) is 17.6 Å². The highest BCUT2D eigenvalue weighted by Gasteiger charge is 2.28. The van der Waals surface area contributed by atoms with E-state index in [0.717, 1.165) is 25.7 Å². The Bertz CT molecular complexity index is 882. The van der Waals surface area contributed by atoms with Gasteiger partial charge in [0.1, 0.15) is 5.82 Å². The lowest BCUT2D eigenvalue weighted by Crippen LogP contribution is -2.43. The molecule has 1 saturated carbocycles. The minimum absolute atomic E-state index is 0.151. The summed E-state index contributed by atoms with van der Waals surface area (Å²) in [5, 5.41) is 14.8. The Balaban J connectivity index is 1.76. The van der Waals surface area contributed by atoms with Crippen LogP contribution in [0.4, 0.5) is 10.1 Å². The number of aromatic nitrogens is 1. The van der Waals surface area contributed by atoms with Crippen LogP contribution in [0.15, 0.2) is 30.5 Å². The number of halogens is 2. The second kappa shape index (κ2) is 8.45. The fraction of sp³-hybridized carbons (Fsp3) is 0.429. The number of pyridine rings is 1. The SMILES string of the molecule is Cc1c(-c2ccc(NC(=O)C(N)C3CCC(C)CC3)cc2F)c(Cl)cc[n+]1[O-]. The second-order valence-electron chi connectivity index (χ2n) is 7.68. The maximum absolute atomic E-state index is 14.7. The average Bonchev–Trinajstić information content (AvgIpc) is 2.66. The van der Waals surface area contributed by atoms with Crippen LogP contribution in [-0.4, -0.2) is 11.9 Å². The highest BCUT2D eigenvalue weighted by Crippen LogP contribution is 2.33. The third kappa shape index (κ3) is 4.28. The van der Waals surface area contributed by atoms with Crippen LogP contribution in [0, 0.1) is 29.8 Å². The van der Waals surface area contributed by atoms with Crippen LogP contribution in [-0.2, 0) is 4.79 Å². The molecule has 1 aromatic heterocycles. The molecule has 1 amide bonds. The number of anilines is 1. The first-order valence-corrected chi connectivity index (χ1v) is 9.90. The van der Waals surface area contributed by atoms with Gasteiger partial charge in [-0.3, -0.25) is 4.79 Å². The average molecular weight is 406 g/mol. The van der Waals surface area contributed by atoms with Crippen LogP contribution in [0.3, 0.4) is 0 Å². The van der Waals surface area contributed by atoms with Crippen molar-refractivity contribution in [3.63, 3.8) is 0 Å². The van der Waals surface area contributed by atoms with E-state index in [4.69, 9.17) is 17.3 Å². The zero-order valence-corrected chi connectivity index (χ0v) is 16.8. The fourth-order valence-electron chi connectivity index (χ4n) is 3.82. The Morgan fingerprint density at radius 1 is 1.32 bits per heavy atom. The zero-order valence-electron chi connectivity index (χ0n) is 16.0. The molecule has 28 heavy (non-hydrogen) atoms. The molecule has 1 aromatic carbocycles. The molecule has 1 fully saturated rings. The summed E-state index contributed by atoms with van der Waals surface area (Å²) in [6, 6.07) is 5.13. The van der Waals surface area contributed by atoms with Crippen molar-refractivity contribution in [3.05, 3.63) is 52.2 Å². The molecule has 3 N–H and O–H groups in total. The molecule has 1 aliphatic carbocycles. The van der Waals surface area contributed by atoms with Gasteiger partial charge in [0.05, 0.1) is 16.6 Å². The second-order valence-corrected chi connectivity index (χ2v) is 8.09. The molecule has 2 aromatic rings. The van der Waals surface area contributed by atoms with Crippen LogP contribution in [0.1, 0.15) is 38.3 Å². The summed E-state index contributed by atoms with van der Waals surface area (Å²) in [4.78, 5) is 12.5. The highest BCUT2D eigenvalue weighted by atomic mass is 35.5. The first-order valence-electron chi connectivity index (χ1n) is 9.52. The fourth-order valence-corrected chi connectivity index (χ4v) is 4.11. The molecule has 0 saturated heterocycles. The number of carbonyl (C=O) groups is 1. The quantitative estimate of drug-likeness (QED) is 0.591. The lowest BCUT2D eigenvalue weighted by molar-refractivity contribution is -0.611. The van der Waals surface area contributed by atoms with E-state index in [9.17, 15) is 14.4 Å². The molecule has 1 unspecified atom stereocenters. The van der Waals surface area contributed by atoms with E-state index < -0.39 is 11.9 Å². The number of benzene rings is 1. The van der Waals surface area contributed by atoms with Gasteiger partial charge in [0.25, 0.3) is 0 Å². The number of rotatable bonds is 4. The normalized spacial score (nSPS) is 20.6. The minimum atomic E-state index is -0.611. The van der Waals surface area contributed by atoms with Crippen LogP contribution in [0.2, 0.25) is 5.02 Å². The number of hydrogen-bond donors (Lipinski definition) is 2.